The number of rotatable bonds is 11. The lowest BCUT2D eigenvalue weighted by atomic mass is 10.1. The van der Waals surface area contributed by atoms with Crippen LogP contribution in [-0.2, 0) is 23.0 Å². The number of halogens is 2. The van der Waals surface area contributed by atoms with Gasteiger partial charge in [0.15, 0.2) is 0 Å². The summed E-state index contributed by atoms with van der Waals surface area (Å²) in [5.41, 5.74) is 4.16. The monoisotopic (exact) mass is 696 g/mol. The minimum Gasteiger partial charge on any atom is -0.324 e. The molecule has 3 N–H and O–H groups in total. The van der Waals surface area contributed by atoms with Crippen LogP contribution in [0.5, 0.6) is 0 Å². The number of aromatic nitrogens is 6. The lowest BCUT2D eigenvalue weighted by Gasteiger charge is -2.10. The van der Waals surface area contributed by atoms with Crippen molar-refractivity contribution < 1.29 is 13.0 Å². The van der Waals surface area contributed by atoms with Gasteiger partial charge in [0.1, 0.15) is 16.5 Å². The van der Waals surface area contributed by atoms with E-state index >= 15 is 0 Å². The predicted octanol–water partition coefficient (Wildman–Crippen LogP) is 7.45. The molecular weight excluding hydrogens is 671 g/mol. The fourth-order valence-corrected chi connectivity index (χ4v) is 5.76. The van der Waals surface area contributed by atoms with Crippen molar-refractivity contribution in [3.63, 3.8) is 0 Å². The number of anilines is 4. The standard InChI is InChI=1S/C34H26Cl2N8O3S/c35-31-40-30(41-33(43-31)37-26-9-5-2-6-10-26)20-24-13-11-22(12-14-24)15-16-25-17-18-27(21-28(25)48(45,46)47)38-34-42-29(39-32(36)44-34)19-23-7-3-1-4-8-23/h1-18,21H,19-20H2,(H,45,46,47)(H,37,40,41,43)(H,38,39,42,44)/b16-15+. The molecule has 4 aromatic carbocycles. The Bertz CT molecular complexity index is 2190. The van der Waals surface area contributed by atoms with Crippen LogP contribution in [0.2, 0.25) is 10.6 Å². The first-order valence-electron chi connectivity index (χ1n) is 14.5. The molecule has 0 fully saturated rings. The summed E-state index contributed by atoms with van der Waals surface area (Å²) in [5.74, 6) is 1.41. The Morgan fingerprint density at radius 2 is 1.15 bits per heavy atom. The van der Waals surface area contributed by atoms with Gasteiger partial charge in [-0.25, -0.2) is 9.97 Å². The van der Waals surface area contributed by atoms with Crippen LogP contribution in [0.3, 0.4) is 0 Å². The quantitative estimate of drug-likeness (QED) is 0.0913. The number of para-hydroxylation sites is 1. The summed E-state index contributed by atoms with van der Waals surface area (Å²) >= 11 is 12.3. The van der Waals surface area contributed by atoms with E-state index in [0.29, 0.717) is 36.1 Å². The molecule has 240 valence electrons. The first-order chi connectivity index (χ1) is 23.2. The predicted molar refractivity (Wildman–Crippen MR) is 186 cm³/mol. The van der Waals surface area contributed by atoms with Crippen LogP contribution < -0.4 is 10.6 Å². The maximum atomic E-state index is 12.4. The van der Waals surface area contributed by atoms with E-state index in [4.69, 9.17) is 23.2 Å². The zero-order chi connectivity index (χ0) is 33.5. The van der Waals surface area contributed by atoms with Crippen molar-refractivity contribution in [3.8, 4) is 0 Å². The van der Waals surface area contributed by atoms with Crippen LogP contribution in [0.25, 0.3) is 12.2 Å². The van der Waals surface area contributed by atoms with E-state index in [0.717, 1.165) is 22.4 Å². The Morgan fingerprint density at radius 1 is 0.604 bits per heavy atom. The largest absolute Gasteiger partial charge is 0.324 e. The van der Waals surface area contributed by atoms with Crippen LogP contribution in [0, 0.1) is 0 Å². The second kappa shape index (κ2) is 14.7. The van der Waals surface area contributed by atoms with Gasteiger partial charge in [-0.05, 0) is 69.7 Å². The fourth-order valence-electron chi connectivity index (χ4n) is 4.70. The van der Waals surface area contributed by atoms with Crippen molar-refractivity contribution in [1.82, 2.24) is 29.9 Å². The minimum absolute atomic E-state index is 0.0130. The summed E-state index contributed by atoms with van der Waals surface area (Å²) in [7, 11) is -4.58. The molecule has 0 atom stereocenters. The van der Waals surface area contributed by atoms with E-state index in [1.54, 1.807) is 24.3 Å². The Labute approximate surface area is 286 Å². The van der Waals surface area contributed by atoms with Crippen LogP contribution in [0.1, 0.15) is 33.9 Å². The molecule has 14 heteroatoms. The van der Waals surface area contributed by atoms with Gasteiger partial charge in [-0.15, -0.1) is 0 Å². The van der Waals surface area contributed by atoms with Crippen molar-refractivity contribution in [2.45, 2.75) is 17.7 Å². The molecule has 0 aliphatic carbocycles. The molecular formula is C34H26Cl2N8O3S. The van der Waals surface area contributed by atoms with Gasteiger partial charge in [0.2, 0.25) is 22.5 Å². The van der Waals surface area contributed by atoms with E-state index in [2.05, 4.69) is 40.5 Å². The Morgan fingerprint density at radius 3 is 1.73 bits per heavy atom. The first kappa shape index (κ1) is 32.7. The highest BCUT2D eigenvalue weighted by Crippen LogP contribution is 2.25. The molecule has 0 unspecified atom stereocenters. The van der Waals surface area contributed by atoms with Gasteiger partial charge in [-0.2, -0.15) is 28.4 Å². The lowest BCUT2D eigenvalue weighted by Crippen LogP contribution is -2.06. The average molecular weight is 698 g/mol. The highest BCUT2D eigenvalue weighted by Gasteiger charge is 2.16. The van der Waals surface area contributed by atoms with Crippen molar-refractivity contribution in [2.24, 2.45) is 0 Å². The number of nitrogens with one attached hydrogen (secondary N) is 2. The van der Waals surface area contributed by atoms with Gasteiger partial charge < -0.3 is 10.6 Å². The van der Waals surface area contributed by atoms with Gasteiger partial charge in [-0.1, -0.05) is 91.0 Å². The van der Waals surface area contributed by atoms with E-state index in [1.807, 2.05) is 84.9 Å². The first-order valence-corrected chi connectivity index (χ1v) is 16.7. The summed E-state index contributed by atoms with van der Waals surface area (Å²) in [4.78, 5) is 25.3. The summed E-state index contributed by atoms with van der Waals surface area (Å²) in [6.45, 7) is 0. The normalized spacial score (nSPS) is 11.5. The highest BCUT2D eigenvalue weighted by atomic mass is 35.5. The Balaban J connectivity index is 1.15. The molecule has 48 heavy (non-hydrogen) atoms. The van der Waals surface area contributed by atoms with Gasteiger partial charge in [0, 0.05) is 24.2 Å². The third kappa shape index (κ3) is 8.96. The maximum absolute atomic E-state index is 12.4. The molecule has 0 spiro atoms. The molecule has 0 aliphatic heterocycles. The number of hydrogen-bond acceptors (Lipinski definition) is 10. The molecule has 0 bridgehead atoms. The van der Waals surface area contributed by atoms with E-state index < -0.39 is 10.1 Å². The molecule has 11 nitrogen and oxygen atoms in total. The Kier molecular flexibility index (Phi) is 9.97. The topological polar surface area (TPSA) is 156 Å². The lowest BCUT2D eigenvalue weighted by molar-refractivity contribution is 0.483. The maximum Gasteiger partial charge on any atom is 0.295 e. The van der Waals surface area contributed by atoms with Crippen LogP contribution >= 0.6 is 23.2 Å². The third-order valence-electron chi connectivity index (χ3n) is 6.89. The van der Waals surface area contributed by atoms with Gasteiger partial charge in [0.05, 0.1) is 0 Å². The SMILES string of the molecule is O=S(=O)(O)c1cc(Nc2nc(Cl)nc(Cc3ccccc3)n2)ccc1/C=C/c1ccc(Cc2nc(Cl)nc(Nc3ccccc3)n2)cc1. The average Bonchev–Trinajstić information content (AvgIpc) is 3.05. The zero-order valence-corrected chi connectivity index (χ0v) is 27.3. The number of benzene rings is 4. The third-order valence-corrected chi connectivity index (χ3v) is 8.14. The van der Waals surface area contributed by atoms with Gasteiger partial charge >= 0.3 is 0 Å². The van der Waals surface area contributed by atoms with Crippen molar-refractivity contribution in [3.05, 3.63) is 148 Å². The Hall–Kier alpha value is -5.27. The van der Waals surface area contributed by atoms with Crippen molar-refractivity contribution in [2.75, 3.05) is 10.6 Å². The molecule has 0 amide bonds. The van der Waals surface area contributed by atoms with Crippen molar-refractivity contribution in [1.29, 1.82) is 0 Å². The van der Waals surface area contributed by atoms with Gasteiger partial charge in [-0.3, -0.25) is 4.55 Å². The van der Waals surface area contributed by atoms with E-state index in [-0.39, 0.29) is 27.0 Å². The smallest absolute Gasteiger partial charge is 0.295 e. The molecule has 6 aromatic rings. The molecule has 6 rings (SSSR count). The molecule has 0 radical (unpaired) electrons. The number of nitrogens with zero attached hydrogens (tertiary/aromatic N) is 6. The van der Waals surface area contributed by atoms with Crippen LogP contribution in [0.4, 0.5) is 23.3 Å². The summed E-state index contributed by atoms with van der Waals surface area (Å²) in [6, 6.07) is 31.2. The van der Waals surface area contributed by atoms with Crippen molar-refractivity contribution >= 4 is 68.7 Å². The molecule has 0 saturated carbocycles. The van der Waals surface area contributed by atoms with Crippen LogP contribution in [-0.4, -0.2) is 42.9 Å². The second-order valence-corrected chi connectivity index (χ2v) is 12.5. The summed E-state index contributed by atoms with van der Waals surface area (Å²) < 4.78 is 34.7. The molecule has 2 heterocycles. The van der Waals surface area contributed by atoms with E-state index in [9.17, 15) is 13.0 Å². The zero-order valence-electron chi connectivity index (χ0n) is 25.0. The molecule has 0 aliphatic rings. The minimum atomic E-state index is -4.58. The fraction of sp³-hybridized carbons (Fsp3) is 0.0588. The molecule has 0 saturated heterocycles. The molecule has 2 aromatic heterocycles. The highest BCUT2D eigenvalue weighted by molar-refractivity contribution is 7.86. The van der Waals surface area contributed by atoms with Crippen LogP contribution in [0.15, 0.2) is 108 Å². The number of hydrogen-bond donors (Lipinski definition) is 3. The van der Waals surface area contributed by atoms with Gasteiger partial charge in [0.25, 0.3) is 10.1 Å². The summed E-state index contributed by atoms with van der Waals surface area (Å²) in [5, 5.41) is 6.15. The second-order valence-electron chi connectivity index (χ2n) is 10.4. The van der Waals surface area contributed by atoms with E-state index in [1.165, 1.54) is 6.07 Å². The summed E-state index contributed by atoms with van der Waals surface area (Å²) in [6.07, 6.45) is 4.19.